The number of carbonyl (C=O) groups excluding carboxylic acids is 1. The van der Waals surface area contributed by atoms with Gasteiger partial charge in [-0.2, -0.15) is 0 Å². The van der Waals surface area contributed by atoms with Gasteiger partial charge in [0.25, 0.3) is 0 Å². The molecule has 90 valence electrons. The van der Waals surface area contributed by atoms with Crippen LogP contribution in [0.25, 0.3) is 11.0 Å². The molecule has 0 amide bonds. The highest BCUT2D eigenvalue weighted by atomic mass is 16.1. The molecule has 0 saturated heterocycles. The minimum atomic E-state index is 0.283. The van der Waals surface area contributed by atoms with Crippen LogP contribution >= 0.6 is 0 Å². The number of nitrogens with one attached hydrogen (secondary N) is 1. The minimum Gasteiger partial charge on any atom is -0.345 e. The summed E-state index contributed by atoms with van der Waals surface area (Å²) in [5.41, 5.74) is 2.38. The number of aromatic nitrogens is 3. The lowest BCUT2D eigenvalue weighted by molar-refractivity contribution is 0.112. The molecule has 2 rings (SSSR count). The molecular formula is C13H17N3O. The molecule has 0 aliphatic heterocycles. The van der Waals surface area contributed by atoms with E-state index in [9.17, 15) is 4.79 Å². The van der Waals surface area contributed by atoms with Crippen LogP contribution in [0.15, 0.2) is 6.20 Å². The normalized spacial score (nSPS) is 11.3. The minimum absolute atomic E-state index is 0.283. The molecule has 0 radical (unpaired) electrons. The molecule has 0 aliphatic carbocycles. The van der Waals surface area contributed by atoms with Gasteiger partial charge in [-0.25, -0.2) is 9.97 Å². The summed E-state index contributed by atoms with van der Waals surface area (Å²) in [7, 11) is 0. The van der Waals surface area contributed by atoms with E-state index in [1.807, 2.05) is 0 Å². The molecule has 0 aliphatic rings. The summed E-state index contributed by atoms with van der Waals surface area (Å²) in [6, 6.07) is 0. The molecule has 2 aromatic rings. The number of hydrogen-bond acceptors (Lipinski definition) is 3. The SMILES string of the molecule is CCCc1nc(C(C)C)c2c(C=O)c[nH]c2n1. The highest BCUT2D eigenvalue weighted by molar-refractivity contribution is 5.97. The molecule has 2 heterocycles. The van der Waals surface area contributed by atoms with Gasteiger partial charge in [0.15, 0.2) is 6.29 Å². The standard InChI is InChI=1S/C13H17N3O/c1-4-5-10-15-12(8(2)3)11-9(7-17)6-14-13(11)16-10/h6-8H,4-5H2,1-3H3,(H,14,15,16). The van der Waals surface area contributed by atoms with E-state index in [1.54, 1.807) is 6.20 Å². The first kappa shape index (κ1) is 11.8. The van der Waals surface area contributed by atoms with Crippen LogP contribution in [0, 0.1) is 0 Å². The zero-order valence-electron chi connectivity index (χ0n) is 10.4. The van der Waals surface area contributed by atoms with Crippen molar-refractivity contribution in [2.24, 2.45) is 0 Å². The van der Waals surface area contributed by atoms with E-state index in [0.29, 0.717) is 5.56 Å². The van der Waals surface area contributed by atoms with Gasteiger partial charge >= 0.3 is 0 Å². The van der Waals surface area contributed by atoms with Gasteiger partial charge < -0.3 is 4.98 Å². The number of hydrogen-bond donors (Lipinski definition) is 1. The van der Waals surface area contributed by atoms with Crippen LogP contribution in [-0.2, 0) is 6.42 Å². The quantitative estimate of drug-likeness (QED) is 0.823. The number of carbonyl (C=O) groups is 1. The number of aromatic amines is 1. The largest absolute Gasteiger partial charge is 0.345 e. The third-order valence-electron chi connectivity index (χ3n) is 2.78. The van der Waals surface area contributed by atoms with E-state index in [0.717, 1.165) is 41.7 Å². The molecule has 0 spiro atoms. The summed E-state index contributed by atoms with van der Waals surface area (Å²) in [5.74, 6) is 1.13. The fraction of sp³-hybridized carbons (Fsp3) is 0.462. The Morgan fingerprint density at radius 1 is 1.41 bits per heavy atom. The van der Waals surface area contributed by atoms with Crippen LogP contribution in [-0.4, -0.2) is 21.2 Å². The lowest BCUT2D eigenvalue weighted by Crippen LogP contribution is -2.03. The summed E-state index contributed by atoms with van der Waals surface area (Å²) in [6.45, 7) is 6.27. The van der Waals surface area contributed by atoms with Crippen LogP contribution in [0.3, 0.4) is 0 Å². The second-order valence-electron chi connectivity index (χ2n) is 4.52. The molecule has 0 unspecified atom stereocenters. The van der Waals surface area contributed by atoms with Crippen LogP contribution < -0.4 is 0 Å². The van der Waals surface area contributed by atoms with Gasteiger partial charge in [-0.1, -0.05) is 20.8 Å². The van der Waals surface area contributed by atoms with Crippen LogP contribution in [0.4, 0.5) is 0 Å². The van der Waals surface area contributed by atoms with Gasteiger partial charge in [-0.15, -0.1) is 0 Å². The van der Waals surface area contributed by atoms with Crippen molar-refractivity contribution in [1.29, 1.82) is 0 Å². The predicted molar refractivity (Wildman–Crippen MR) is 67.4 cm³/mol. The Balaban J connectivity index is 2.69. The third-order valence-corrected chi connectivity index (χ3v) is 2.78. The number of fused-ring (bicyclic) bond motifs is 1. The average Bonchev–Trinajstić information content (AvgIpc) is 2.71. The van der Waals surface area contributed by atoms with Crippen molar-refractivity contribution in [3.8, 4) is 0 Å². The van der Waals surface area contributed by atoms with E-state index < -0.39 is 0 Å². The number of H-pyrrole nitrogens is 1. The average molecular weight is 231 g/mol. The topological polar surface area (TPSA) is 58.6 Å². The fourth-order valence-electron chi connectivity index (χ4n) is 1.98. The zero-order valence-corrected chi connectivity index (χ0v) is 10.4. The smallest absolute Gasteiger partial charge is 0.152 e. The second kappa shape index (κ2) is 4.65. The molecule has 0 saturated carbocycles. The summed E-state index contributed by atoms with van der Waals surface area (Å²) < 4.78 is 0. The number of aldehydes is 1. The molecule has 0 bridgehead atoms. The van der Waals surface area contributed by atoms with Crippen LogP contribution in [0.5, 0.6) is 0 Å². The molecule has 2 aromatic heterocycles. The highest BCUT2D eigenvalue weighted by Gasteiger charge is 2.15. The first-order valence-electron chi connectivity index (χ1n) is 6.00. The van der Waals surface area contributed by atoms with E-state index in [4.69, 9.17) is 0 Å². The monoisotopic (exact) mass is 231 g/mol. The molecule has 0 fully saturated rings. The number of rotatable bonds is 4. The van der Waals surface area contributed by atoms with E-state index in [1.165, 1.54) is 0 Å². The molecule has 1 N–H and O–H groups in total. The van der Waals surface area contributed by atoms with Crippen molar-refractivity contribution in [3.63, 3.8) is 0 Å². The van der Waals surface area contributed by atoms with Crippen LogP contribution in [0.1, 0.15) is 55.0 Å². The number of aryl methyl sites for hydroxylation is 1. The summed E-state index contributed by atoms with van der Waals surface area (Å²) in [6.07, 6.45) is 4.44. The predicted octanol–water partition coefficient (Wildman–Crippen LogP) is 2.85. The Labute approximate surface area is 100 Å². The lowest BCUT2D eigenvalue weighted by Gasteiger charge is -2.08. The van der Waals surface area contributed by atoms with E-state index in [2.05, 4.69) is 35.7 Å². The van der Waals surface area contributed by atoms with Crippen molar-refractivity contribution >= 4 is 17.3 Å². The Morgan fingerprint density at radius 3 is 2.76 bits per heavy atom. The molecular weight excluding hydrogens is 214 g/mol. The van der Waals surface area contributed by atoms with Crippen molar-refractivity contribution in [1.82, 2.24) is 15.0 Å². The lowest BCUT2D eigenvalue weighted by atomic mass is 10.0. The van der Waals surface area contributed by atoms with Gasteiger partial charge in [0.1, 0.15) is 11.5 Å². The van der Waals surface area contributed by atoms with Gasteiger partial charge in [0.2, 0.25) is 0 Å². The maximum absolute atomic E-state index is 11.0. The summed E-state index contributed by atoms with van der Waals surface area (Å²) in [4.78, 5) is 23.1. The zero-order chi connectivity index (χ0) is 12.4. The Kier molecular flexibility index (Phi) is 3.22. The summed E-state index contributed by atoms with van der Waals surface area (Å²) >= 11 is 0. The molecule has 0 aromatic carbocycles. The van der Waals surface area contributed by atoms with Gasteiger partial charge in [0.05, 0.1) is 11.1 Å². The van der Waals surface area contributed by atoms with Gasteiger partial charge in [-0.3, -0.25) is 4.79 Å². The first-order chi connectivity index (χ1) is 8.17. The highest BCUT2D eigenvalue weighted by Crippen LogP contribution is 2.25. The number of nitrogens with zero attached hydrogens (tertiary/aromatic N) is 2. The van der Waals surface area contributed by atoms with E-state index >= 15 is 0 Å². The Hall–Kier alpha value is -1.71. The molecule has 4 nitrogen and oxygen atoms in total. The van der Waals surface area contributed by atoms with Gasteiger partial charge in [0, 0.05) is 18.2 Å². The first-order valence-corrected chi connectivity index (χ1v) is 6.00. The molecule has 17 heavy (non-hydrogen) atoms. The summed E-state index contributed by atoms with van der Waals surface area (Å²) in [5, 5.41) is 0.870. The maximum atomic E-state index is 11.0. The van der Waals surface area contributed by atoms with Crippen molar-refractivity contribution in [3.05, 3.63) is 23.3 Å². The van der Waals surface area contributed by atoms with E-state index in [-0.39, 0.29) is 5.92 Å². The van der Waals surface area contributed by atoms with Crippen molar-refractivity contribution < 1.29 is 4.79 Å². The third kappa shape index (κ3) is 2.07. The van der Waals surface area contributed by atoms with Crippen molar-refractivity contribution in [2.45, 2.75) is 39.5 Å². The molecule has 4 heteroatoms. The second-order valence-corrected chi connectivity index (χ2v) is 4.52. The maximum Gasteiger partial charge on any atom is 0.152 e. The van der Waals surface area contributed by atoms with Gasteiger partial charge in [-0.05, 0) is 12.3 Å². The Bertz CT molecular complexity index is 543. The fourth-order valence-corrected chi connectivity index (χ4v) is 1.98. The van der Waals surface area contributed by atoms with Crippen LogP contribution in [0.2, 0.25) is 0 Å². The molecule has 0 atom stereocenters. The Morgan fingerprint density at radius 2 is 2.18 bits per heavy atom. The van der Waals surface area contributed by atoms with Crippen molar-refractivity contribution in [2.75, 3.05) is 0 Å².